The summed E-state index contributed by atoms with van der Waals surface area (Å²) in [7, 11) is 0. The zero-order valence-electron chi connectivity index (χ0n) is 22.4. The number of carbonyl (C=O) groups excluding carboxylic acids is 2. The number of halogens is 1. The van der Waals surface area contributed by atoms with E-state index in [0.29, 0.717) is 22.3 Å². The molecule has 0 spiro atoms. The molecule has 6 rings (SSSR count). The predicted octanol–water partition coefficient (Wildman–Crippen LogP) is 4.77. The summed E-state index contributed by atoms with van der Waals surface area (Å²) in [5, 5.41) is 4.73. The van der Waals surface area contributed by atoms with Crippen LogP contribution in [0, 0.1) is 5.82 Å². The molecule has 1 aliphatic heterocycles. The van der Waals surface area contributed by atoms with E-state index in [1.165, 1.54) is 24.3 Å². The third-order valence-electron chi connectivity index (χ3n) is 7.62. The van der Waals surface area contributed by atoms with Crippen molar-refractivity contribution >= 4 is 39.3 Å². The number of primary amides is 1. The van der Waals surface area contributed by atoms with Crippen LogP contribution in [0.3, 0.4) is 0 Å². The van der Waals surface area contributed by atoms with E-state index in [4.69, 9.17) is 16.2 Å². The molecule has 0 bridgehead atoms. The van der Waals surface area contributed by atoms with Gasteiger partial charge in [-0.1, -0.05) is 30.3 Å². The number of hydrogen-bond acceptors (Lipinski definition) is 5. The fraction of sp³-hybridized carbons (Fsp3) is 0.188. The molecule has 1 saturated heterocycles. The average Bonchev–Trinajstić information content (AvgIpc) is 3.36. The summed E-state index contributed by atoms with van der Waals surface area (Å²) in [5.74, 6) is -1.31. The highest BCUT2D eigenvalue weighted by Gasteiger charge is 2.20. The monoisotopic (exact) mass is 551 g/mol. The molecular formula is C32H30FN5O3. The highest BCUT2D eigenvalue weighted by Crippen LogP contribution is 2.39. The second-order valence-electron chi connectivity index (χ2n) is 10.2. The van der Waals surface area contributed by atoms with Gasteiger partial charge in [-0.05, 0) is 64.7 Å². The normalized spacial score (nSPS) is 14.0. The molecule has 1 aromatic heterocycles. The first-order valence-electron chi connectivity index (χ1n) is 13.5. The fourth-order valence-electron chi connectivity index (χ4n) is 5.58. The quantitative estimate of drug-likeness (QED) is 0.232. The lowest BCUT2D eigenvalue weighted by molar-refractivity contribution is 0.0342. The number of aromatic amines is 1. The Labute approximate surface area is 236 Å². The lowest BCUT2D eigenvalue weighted by Gasteiger charge is -2.26. The van der Waals surface area contributed by atoms with Gasteiger partial charge in [0.2, 0.25) is 0 Å². The zero-order chi connectivity index (χ0) is 28.5. The van der Waals surface area contributed by atoms with Crippen molar-refractivity contribution in [1.29, 1.82) is 0 Å². The van der Waals surface area contributed by atoms with Crippen LogP contribution in [-0.2, 0) is 17.8 Å². The lowest BCUT2D eigenvalue weighted by Crippen LogP contribution is -2.35. The van der Waals surface area contributed by atoms with E-state index in [0.717, 1.165) is 71.4 Å². The van der Waals surface area contributed by atoms with Crippen LogP contribution >= 0.6 is 0 Å². The van der Waals surface area contributed by atoms with Gasteiger partial charge in [-0.2, -0.15) is 0 Å². The molecule has 6 N–H and O–H groups in total. The van der Waals surface area contributed by atoms with E-state index in [9.17, 15) is 14.0 Å². The van der Waals surface area contributed by atoms with Crippen molar-refractivity contribution < 1.29 is 18.7 Å². The molecule has 1 aliphatic rings. The van der Waals surface area contributed by atoms with E-state index in [-0.39, 0.29) is 12.5 Å². The molecule has 41 heavy (non-hydrogen) atoms. The Bertz CT molecular complexity index is 1770. The maximum absolute atomic E-state index is 13.4. The molecular weight excluding hydrogens is 521 g/mol. The largest absolute Gasteiger partial charge is 0.379 e. The van der Waals surface area contributed by atoms with Crippen molar-refractivity contribution in [3.63, 3.8) is 0 Å². The molecule has 2 heterocycles. The molecule has 5 aromatic rings. The van der Waals surface area contributed by atoms with Gasteiger partial charge in [0.05, 0.1) is 24.3 Å². The summed E-state index contributed by atoms with van der Waals surface area (Å²) in [6.45, 7) is 4.19. The van der Waals surface area contributed by atoms with Gasteiger partial charge in [0, 0.05) is 53.7 Å². The summed E-state index contributed by atoms with van der Waals surface area (Å²) in [4.78, 5) is 31.2. The summed E-state index contributed by atoms with van der Waals surface area (Å²) in [6.07, 6.45) is 0. The number of anilines is 1. The number of fused-ring (bicyclic) bond motifs is 3. The van der Waals surface area contributed by atoms with E-state index in [1.54, 1.807) is 12.1 Å². The highest BCUT2D eigenvalue weighted by molar-refractivity contribution is 6.20. The minimum Gasteiger partial charge on any atom is -0.379 e. The first kappa shape index (κ1) is 26.6. The van der Waals surface area contributed by atoms with Crippen LogP contribution in [0.15, 0.2) is 72.8 Å². The molecule has 0 saturated carbocycles. The number of amides is 2. The SMILES string of the molecule is NCc1c(NC(=O)c2ccc(F)cc2)cccc1-c1ccc(C(N)=O)c2[nH]c3cc(CN4CCOCC4)ccc3c12. The van der Waals surface area contributed by atoms with Crippen molar-refractivity contribution in [2.24, 2.45) is 11.5 Å². The minimum atomic E-state index is -0.527. The Balaban J connectivity index is 1.45. The predicted molar refractivity (Wildman–Crippen MR) is 158 cm³/mol. The molecule has 0 radical (unpaired) electrons. The number of rotatable bonds is 7. The number of nitrogens with zero attached hydrogens (tertiary/aromatic N) is 1. The van der Waals surface area contributed by atoms with Crippen LogP contribution in [0.4, 0.5) is 10.1 Å². The lowest BCUT2D eigenvalue weighted by atomic mass is 9.92. The number of morpholine rings is 1. The van der Waals surface area contributed by atoms with Crippen LogP contribution < -0.4 is 16.8 Å². The molecule has 0 atom stereocenters. The molecule has 1 fully saturated rings. The first-order chi connectivity index (χ1) is 19.9. The van der Waals surface area contributed by atoms with Crippen LogP contribution in [0.5, 0.6) is 0 Å². The zero-order valence-corrected chi connectivity index (χ0v) is 22.4. The Morgan fingerprint density at radius 1 is 0.976 bits per heavy atom. The van der Waals surface area contributed by atoms with E-state index < -0.39 is 11.7 Å². The van der Waals surface area contributed by atoms with Crippen molar-refractivity contribution in [3.8, 4) is 11.1 Å². The van der Waals surface area contributed by atoms with E-state index >= 15 is 0 Å². The van der Waals surface area contributed by atoms with Gasteiger partial charge in [-0.25, -0.2) is 4.39 Å². The van der Waals surface area contributed by atoms with Crippen LogP contribution in [0.1, 0.15) is 31.8 Å². The summed E-state index contributed by atoms with van der Waals surface area (Å²) in [6, 6.07) is 20.8. The number of aromatic nitrogens is 1. The van der Waals surface area contributed by atoms with Gasteiger partial charge in [0.25, 0.3) is 11.8 Å². The fourth-order valence-corrected chi connectivity index (χ4v) is 5.58. The second-order valence-corrected chi connectivity index (χ2v) is 10.2. The number of nitrogens with one attached hydrogen (secondary N) is 2. The Morgan fingerprint density at radius 2 is 1.76 bits per heavy atom. The minimum absolute atomic E-state index is 0.153. The summed E-state index contributed by atoms with van der Waals surface area (Å²) < 4.78 is 18.8. The Hall–Kier alpha value is -4.57. The molecule has 208 valence electrons. The summed E-state index contributed by atoms with van der Waals surface area (Å²) >= 11 is 0. The van der Waals surface area contributed by atoms with Gasteiger partial charge in [0.15, 0.2) is 0 Å². The molecule has 4 aromatic carbocycles. The van der Waals surface area contributed by atoms with Crippen LogP contribution in [0.25, 0.3) is 32.9 Å². The van der Waals surface area contributed by atoms with Gasteiger partial charge >= 0.3 is 0 Å². The number of ether oxygens (including phenoxy) is 1. The molecule has 2 amide bonds. The highest BCUT2D eigenvalue weighted by atomic mass is 19.1. The number of nitrogens with two attached hydrogens (primary N) is 2. The van der Waals surface area contributed by atoms with Gasteiger partial charge in [-0.15, -0.1) is 0 Å². The third-order valence-corrected chi connectivity index (χ3v) is 7.62. The Kier molecular flexibility index (Phi) is 7.23. The number of carbonyl (C=O) groups is 2. The van der Waals surface area contributed by atoms with E-state index in [2.05, 4.69) is 33.4 Å². The van der Waals surface area contributed by atoms with Gasteiger partial charge in [-0.3, -0.25) is 14.5 Å². The van der Waals surface area contributed by atoms with Crippen molar-refractivity contribution in [2.45, 2.75) is 13.1 Å². The smallest absolute Gasteiger partial charge is 0.255 e. The third kappa shape index (κ3) is 5.18. The van der Waals surface area contributed by atoms with Crippen molar-refractivity contribution in [1.82, 2.24) is 9.88 Å². The average molecular weight is 552 g/mol. The second kappa shape index (κ2) is 11.1. The van der Waals surface area contributed by atoms with Gasteiger partial charge < -0.3 is 26.5 Å². The van der Waals surface area contributed by atoms with Gasteiger partial charge in [0.1, 0.15) is 5.82 Å². The summed E-state index contributed by atoms with van der Waals surface area (Å²) in [5.41, 5.74) is 18.4. The standard InChI is InChI=1S/C32H30FN5O3/c33-21-7-5-20(6-8-21)32(40)37-27-3-1-2-22(26(27)17-34)23-10-11-25(31(35)39)30-29(23)24-9-4-19(16-28(24)36-30)18-38-12-14-41-15-13-38/h1-11,16,36H,12-15,17-18,34H2,(H2,35,39)(H,37,40). The molecule has 0 aliphatic carbocycles. The number of hydrogen-bond donors (Lipinski definition) is 4. The first-order valence-corrected chi connectivity index (χ1v) is 13.5. The number of H-pyrrole nitrogens is 1. The maximum Gasteiger partial charge on any atom is 0.255 e. The molecule has 8 nitrogen and oxygen atoms in total. The topological polar surface area (TPSA) is 126 Å². The maximum atomic E-state index is 13.4. The molecule has 9 heteroatoms. The molecule has 0 unspecified atom stereocenters. The van der Waals surface area contributed by atoms with E-state index in [1.807, 2.05) is 18.2 Å². The van der Waals surface area contributed by atoms with Crippen molar-refractivity contribution in [2.75, 3.05) is 31.6 Å². The Morgan fingerprint density at radius 3 is 2.49 bits per heavy atom. The van der Waals surface area contributed by atoms with Crippen molar-refractivity contribution in [3.05, 3.63) is 101 Å². The van der Waals surface area contributed by atoms with Crippen LogP contribution in [0.2, 0.25) is 0 Å². The number of benzene rings is 4. The van der Waals surface area contributed by atoms with Crippen LogP contribution in [-0.4, -0.2) is 48.0 Å².